The van der Waals surface area contributed by atoms with Gasteiger partial charge in [-0.1, -0.05) is 13.8 Å². The van der Waals surface area contributed by atoms with E-state index in [0.29, 0.717) is 54.7 Å². The van der Waals surface area contributed by atoms with Crippen molar-refractivity contribution < 1.29 is 23.8 Å². The first-order valence-corrected chi connectivity index (χ1v) is 10.3. The number of amides is 1. The van der Waals surface area contributed by atoms with Gasteiger partial charge in [-0.05, 0) is 48.4 Å². The third kappa shape index (κ3) is 3.99. The molecule has 4 rings (SSSR count). The molecule has 6 nitrogen and oxygen atoms in total. The number of carbonyl (C=O) groups excluding carboxylic acids is 2. The molecule has 1 fully saturated rings. The molecule has 0 saturated carbocycles. The van der Waals surface area contributed by atoms with E-state index in [0.717, 1.165) is 5.75 Å². The molecule has 2 aromatic rings. The predicted octanol–water partition coefficient (Wildman–Crippen LogP) is 3.98. The summed E-state index contributed by atoms with van der Waals surface area (Å²) in [6.07, 6.45) is 0.893. The van der Waals surface area contributed by atoms with Crippen molar-refractivity contribution in [3.8, 4) is 17.2 Å². The standard InChI is InChI=1S/C24H27NO5/c1-16(2)14-29-18-6-4-17(5-7-18)23(27)25-11-10-24(15-25)13-21(26)20-12-19(28-3)8-9-22(20)30-24/h4-9,12,16H,10-11,13-15H2,1-3H3. The van der Waals surface area contributed by atoms with E-state index in [-0.39, 0.29) is 18.1 Å². The lowest BCUT2D eigenvalue weighted by Gasteiger charge is -2.34. The molecule has 2 aliphatic rings. The van der Waals surface area contributed by atoms with E-state index in [2.05, 4.69) is 13.8 Å². The number of carbonyl (C=O) groups is 2. The smallest absolute Gasteiger partial charge is 0.253 e. The molecule has 30 heavy (non-hydrogen) atoms. The molecule has 1 amide bonds. The van der Waals surface area contributed by atoms with Gasteiger partial charge in [0, 0.05) is 18.5 Å². The van der Waals surface area contributed by atoms with E-state index < -0.39 is 5.60 Å². The van der Waals surface area contributed by atoms with Crippen molar-refractivity contribution in [3.05, 3.63) is 53.6 Å². The third-order valence-electron chi connectivity index (χ3n) is 5.58. The van der Waals surface area contributed by atoms with Gasteiger partial charge in [-0.2, -0.15) is 0 Å². The van der Waals surface area contributed by atoms with Gasteiger partial charge in [0.2, 0.25) is 0 Å². The molecule has 6 heteroatoms. The van der Waals surface area contributed by atoms with Gasteiger partial charge >= 0.3 is 0 Å². The van der Waals surface area contributed by atoms with Crippen molar-refractivity contribution in [1.29, 1.82) is 0 Å². The Bertz CT molecular complexity index is 953. The summed E-state index contributed by atoms with van der Waals surface area (Å²) in [6.45, 7) is 5.78. The molecular formula is C24H27NO5. The minimum absolute atomic E-state index is 0.0242. The maximum Gasteiger partial charge on any atom is 0.253 e. The van der Waals surface area contributed by atoms with Crippen LogP contribution in [-0.4, -0.2) is 49.0 Å². The monoisotopic (exact) mass is 409 g/mol. The van der Waals surface area contributed by atoms with Crippen LogP contribution in [-0.2, 0) is 0 Å². The van der Waals surface area contributed by atoms with Crippen LogP contribution in [0.1, 0.15) is 47.4 Å². The number of methoxy groups -OCH3 is 1. The van der Waals surface area contributed by atoms with Gasteiger partial charge in [0.15, 0.2) is 5.78 Å². The summed E-state index contributed by atoms with van der Waals surface area (Å²) in [7, 11) is 1.57. The van der Waals surface area contributed by atoms with Crippen molar-refractivity contribution in [2.24, 2.45) is 5.92 Å². The van der Waals surface area contributed by atoms with Crippen molar-refractivity contribution in [2.45, 2.75) is 32.3 Å². The quantitative estimate of drug-likeness (QED) is 0.747. The highest BCUT2D eigenvalue weighted by molar-refractivity contribution is 6.01. The lowest BCUT2D eigenvalue weighted by Crippen LogP contribution is -2.45. The predicted molar refractivity (Wildman–Crippen MR) is 113 cm³/mol. The lowest BCUT2D eigenvalue weighted by atomic mass is 9.89. The molecule has 0 radical (unpaired) electrons. The van der Waals surface area contributed by atoms with Crippen LogP contribution in [0.4, 0.5) is 0 Å². The Hall–Kier alpha value is -3.02. The normalized spacial score (nSPS) is 20.3. The number of fused-ring (bicyclic) bond motifs is 1. The maximum absolute atomic E-state index is 13.0. The highest BCUT2D eigenvalue weighted by atomic mass is 16.5. The molecule has 1 spiro atoms. The van der Waals surface area contributed by atoms with Crippen LogP contribution in [0.2, 0.25) is 0 Å². The van der Waals surface area contributed by atoms with Gasteiger partial charge in [0.25, 0.3) is 5.91 Å². The Morgan fingerprint density at radius 2 is 1.90 bits per heavy atom. The van der Waals surface area contributed by atoms with Crippen LogP contribution < -0.4 is 14.2 Å². The second-order valence-electron chi connectivity index (χ2n) is 8.45. The minimum Gasteiger partial charge on any atom is -0.497 e. The zero-order valence-corrected chi connectivity index (χ0v) is 17.6. The summed E-state index contributed by atoms with van der Waals surface area (Å²) in [6, 6.07) is 12.5. The average molecular weight is 409 g/mol. The fourth-order valence-electron chi connectivity index (χ4n) is 3.98. The molecule has 2 aliphatic heterocycles. The Labute approximate surface area is 176 Å². The van der Waals surface area contributed by atoms with E-state index in [4.69, 9.17) is 14.2 Å². The molecule has 0 aliphatic carbocycles. The van der Waals surface area contributed by atoms with E-state index in [9.17, 15) is 9.59 Å². The third-order valence-corrected chi connectivity index (χ3v) is 5.58. The van der Waals surface area contributed by atoms with Crippen LogP contribution in [0.25, 0.3) is 0 Å². The Kier molecular flexibility index (Phi) is 5.41. The van der Waals surface area contributed by atoms with Gasteiger partial charge in [0.1, 0.15) is 22.8 Å². The summed E-state index contributed by atoms with van der Waals surface area (Å²) in [5, 5.41) is 0. The average Bonchev–Trinajstić information content (AvgIpc) is 3.14. The first-order valence-electron chi connectivity index (χ1n) is 10.3. The molecule has 0 bridgehead atoms. The van der Waals surface area contributed by atoms with Crippen molar-refractivity contribution in [1.82, 2.24) is 4.90 Å². The van der Waals surface area contributed by atoms with Crippen LogP contribution in [0.15, 0.2) is 42.5 Å². The second kappa shape index (κ2) is 8.01. The Morgan fingerprint density at radius 1 is 1.17 bits per heavy atom. The Morgan fingerprint density at radius 3 is 2.60 bits per heavy atom. The summed E-state index contributed by atoms with van der Waals surface area (Å²) in [4.78, 5) is 27.5. The molecule has 2 heterocycles. The number of benzene rings is 2. The van der Waals surface area contributed by atoms with Crippen LogP contribution >= 0.6 is 0 Å². The van der Waals surface area contributed by atoms with E-state index >= 15 is 0 Å². The topological polar surface area (TPSA) is 65.1 Å². The number of ether oxygens (including phenoxy) is 3. The molecule has 2 aromatic carbocycles. The van der Waals surface area contributed by atoms with Crippen LogP contribution in [0, 0.1) is 5.92 Å². The molecule has 0 aromatic heterocycles. The lowest BCUT2D eigenvalue weighted by molar-refractivity contribution is 0.0427. The zero-order chi connectivity index (χ0) is 21.3. The molecule has 1 atom stereocenters. The second-order valence-corrected chi connectivity index (χ2v) is 8.45. The number of Topliss-reactive ketones (excluding diaryl/α,β-unsaturated/α-hetero) is 1. The summed E-state index contributed by atoms with van der Waals surface area (Å²) < 4.78 is 17.1. The van der Waals surface area contributed by atoms with Crippen molar-refractivity contribution in [2.75, 3.05) is 26.8 Å². The van der Waals surface area contributed by atoms with Gasteiger partial charge < -0.3 is 19.1 Å². The summed E-state index contributed by atoms with van der Waals surface area (Å²) >= 11 is 0. The highest BCUT2D eigenvalue weighted by Crippen LogP contribution is 2.40. The number of likely N-dealkylation sites (tertiary alicyclic amines) is 1. The van der Waals surface area contributed by atoms with E-state index in [1.54, 1.807) is 42.3 Å². The molecule has 1 unspecified atom stereocenters. The van der Waals surface area contributed by atoms with E-state index in [1.807, 2.05) is 12.1 Å². The van der Waals surface area contributed by atoms with Gasteiger partial charge in [-0.15, -0.1) is 0 Å². The largest absolute Gasteiger partial charge is 0.497 e. The number of hydrogen-bond donors (Lipinski definition) is 0. The van der Waals surface area contributed by atoms with Gasteiger partial charge in [-0.3, -0.25) is 9.59 Å². The van der Waals surface area contributed by atoms with Crippen LogP contribution in [0.5, 0.6) is 17.2 Å². The number of ketones is 1. The number of rotatable bonds is 5. The van der Waals surface area contributed by atoms with Gasteiger partial charge in [0.05, 0.1) is 32.2 Å². The molecule has 1 saturated heterocycles. The van der Waals surface area contributed by atoms with Crippen molar-refractivity contribution in [3.63, 3.8) is 0 Å². The van der Waals surface area contributed by atoms with Crippen LogP contribution in [0.3, 0.4) is 0 Å². The summed E-state index contributed by atoms with van der Waals surface area (Å²) in [5.41, 5.74) is 0.493. The first-order chi connectivity index (χ1) is 14.4. The molecular weight excluding hydrogens is 382 g/mol. The fourth-order valence-corrected chi connectivity index (χ4v) is 3.98. The highest BCUT2D eigenvalue weighted by Gasteiger charge is 2.47. The van der Waals surface area contributed by atoms with E-state index in [1.165, 1.54) is 0 Å². The minimum atomic E-state index is -0.658. The zero-order valence-electron chi connectivity index (χ0n) is 17.6. The SMILES string of the molecule is COc1ccc2c(c1)C(=O)CC1(CCN(C(=O)c3ccc(OCC(C)C)cc3)C1)O2. The molecule has 158 valence electrons. The van der Waals surface area contributed by atoms with Crippen molar-refractivity contribution >= 4 is 11.7 Å². The van der Waals surface area contributed by atoms with Gasteiger partial charge in [-0.25, -0.2) is 0 Å². The molecule has 0 N–H and O–H groups in total. The Balaban J connectivity index is 1.45. The number of hydrogen-bond acceptors (Lipinski definition) is 5. The summed E-state index contributed by atoms with van der Waals surface area (Å²) in [5.74, 6) is 2.36. The maximum atomic E-state index is 13.0. The number of nitrogens with zero attached hydrogens (tertiary/aromatic N) is 1. The first kappa shape index (κ1) is 20.3. The fraction of sp³-hybridized carbons (Fsp3) is 0.417.